The topological polar surface area (TPSA) is 58.6 Å². The molecular weight excluding hydrogens is 468 g/mol. The minimum absolute atomic E-state index is 0.169. The van der Waals surface area contributed by atoms with E-state index in [1.807, 2.05) is 53.8 Å². The number of hydrogen-bond donors (Lipinski definition) is 1. The molecule has 1 aromatic heterocycles. The van der Waals surface area contributed by atoms with Gasteiger partial charge < -0.3 is 10.1 Å². The molecule has 1 N–H and O–H groups in total. The lowest BCUT2D eigenvalue weighted by atomic mass is 9.86. The maximum Gasteiger partial charge on any atom is 0.330 e. The summed E-state index contributed by atoms with van der Waals surface area (Å²) < 4.78 is 5.68. The third-order valence-corrected chi connectivity index (χ3v) is 7.46. The fourth-order valence-electron chi connectivity index (χ4n) is 4.75. The molecule has 1 atom stereocenters. The van der Waals surface area contributed by atoms with Gasteiger partial charge in [-0.3, -0.25) is 9.69 Å². The average Bonchev–Trinajstić information content (AvgIpc) is 3.43. The highest BCUT2D eigenvalue weighted by Crippen LogP contribution is 2.32. The van der Waals surface area contributed by atoms with Crippen molar-refractivity contribution in [1.82, 2.24) is 10.2 Å². The van der Waals surface area contributed by atoms with E-state index in [1.54, 1.807) is 6.08 Å². The Morgan fingerprint density at radius 2 is 1.94 bits per heavy atom. The molecule has 1 heterocycles. The van der Waals surface area contributed by atoms with E-state index >= 15 is 0 Å². The molecule has 0 unspecified atom stereocenters. The Bertz CT molecular complexity index is 1160. The molecule has 2 aromatic carbocycles. The van der Waals surface area contributed by atoms with E-state index in [1.165, 1.54) is 16.5 Å². The van der Waals surface area contributed by atoms with Crippen molar-refractivity contribution in [2.75, 3.05) is 19.6 Å². The quantitative estimate of drug-likeness (QED) is 0.220. The van der Waals surface area contributed by atoms with Crippen LogP contribution >= 0.6 is 11.3 Å². The standard InChI is InChI=1S/C30H34N2O3S/c1-2-18-32(19-17-26-11-7-20-36-26)25-14-15-27-24(21-25)10-6-12-28(27)35-30(34)22-31-29(33)16-13-23-8-4-3-5-9-23/h3-13,16,20,25H,2,14-15,17-19,21-22H2,1H3,(H,31,33)/b16-13+/t25-/m0/s1. The van der Waals surface area contributed by atoms with Crippen LogP contribution in [0.2, 0.25) is 0 Å². The number of thiophene rings is 1. The smallest absolute Gasteiger partial charge is 0.330 e. The number of fused-ring (bicyclic) bond motifs is 1. The zero-order valence-corrected chi connectivity index (χ0v) is 21.6. The number of esters is 1. The third kappa shape index (κ3) is 7.39. The van der Waals surface area contributed by atoms with Crippen molar-refractivity contribution in [3.63, 3.8) is 0 Å². The van der Waals surface area contributed by atoms with Gasteiger partial charge >= 0.3 is 5.97 Å². The number of nitrogens with one attached hydrogen (secondary N) is 1. The number of ether oxygens (including phenoxy) is 1. The maximum absolute atomic E-state index is 12.5. The van der Waals surface area contributed by atoms with E-state index in [0.29, 0.717) is 11.8 Å². The van der Waals surface area contributed by atoms with Crippen LogP contribution in [0.4, 0.5) is 0 Å². The van der Waals surface area contributed by atoms with Crippen LogP contribution in [0.25, 0.3) is 6.08 Å². The molecule has 6 heteroatoms. The Hall–Kier alpha value is -3.22. The van der Waals surface area contributed by atoms with Crippen molar-refractivity contribution in [2.45, 2.75) is 45.1 Å². The van der Waals surface area contributed by atoms with Crippen molar-refractivity contribution in [2.24, 2.45) is 0 Å². The van der Waals surface area contributed by atoms with Crippen LogP contribution in [0.1, 0.15) is 41.3 Å². The summed E-state index contributed by atoms with van der Waals surface area (Å²) in [5.41, 5.74) is 3.30. The minimum Gasteiger partial charge on any atom is -0.425 e. The first-order chi connectivity index (χ1) is 17.6. The molecular formula is C30H34N2O3S. The molecule has 5 nitrogen and oxygen atoms in total. The number of benzene rings is 2. The second-order valence-electron chi connectivity index (χ2n) is 9.09. The summed E-state index contributed by atoms with van der Waals surface area (Å²) in [7, 11) is 0. The van der Waals surface area contributed by atoms with E-state index in [2.05, 4.69) is 40.7 Å². The highest BCUT2D eigenvalue weighted by atomic mass is 32.1. The van der Waals surface area contributed by atoms with E-state index in [-0.39, 0.29) is 12.5 Å². The number of nitrogens with zero attached hydrogens (tertiary/aromatic N) is 1. The first-order valence-corrected chi connectivity index (χ1v) is 13.6. The molecule has 36 heavy (non-hydrogen) atoms. The van der Waals surface area contributed by atoms with Crippen molar-refractivity contribution in [1.29, 1.82) is 0 Å². The van der Waals surface area contributed by atoms with Gasteiger partial charge in [-0.25, -0.2) is 4.79 Å². The second-order valence-corrected chi connectivity index (χ2v) is 10.1. The van der Waals surface area contributed by atoms with Gasteiger partial charge in [-0.15, -0.1) is 11.3 Å². The second kappa shape index (κ2) is 13.2. The highest BCUT2D eigenvalue weighted by Gasteiger charge is 2.26. The number of carbonyl (C=O) groups is 2. The Morgan fingerprint density at radius 1 is 1.08 bits per heavy atom. The van der Waals surface area contributed by atoms with E-state index in [9.17, 15) is 9.59 Å². The fraction of sp³-hybridized carbons (Fsp3) is 0.333. The third-order valence-electron chi connectivity index (χ3n) is 6.52. The van der Waals surface area contributed by atoms with Crippen LogP contribution in [-0.4, -0.2) is 42.5 Å². The van der Waals surface area contributed by atoms with E-state index in [4.69, 9.17) is 4.74 Å². The Kier molecular flexibility index (Phi) is 9.47. The van der Waals surface area contributed by atoms with Crippen molar-refractivity contribution in [3.05, 3.63) is 93.7 Å². The van der Waals surface area contributed by atoms with Crippen LogP contribution in [0.5, 0.6) is 5.75 Å². The zero-order valence-electron chi connectivity index (χ0n) is 20.8. The number of carbonyl (C=O) groups excluding carboxylic acids is 2. The van der Waals surface area contributed by atoms with Crippen LogP contribution in [-0.2, 0) is 28.9 Å². The Balaban J connectivity index is 1.31. The molecule has 0 aliphatic heterocycles. The summed E-state index contributed by atoms with van der Waals surface area (Å²) in [6, 6.07) is 20.4. The lowest BCUT2D eigenvalue weighted by Gasteiger charge is -2.35. The highest BCUT2D eigenvalue weighted by molar-refractivity contribution is 7.09. The van der Waals surface area contributed by atoms with E-state index < -0.39 is 5.97 Å². The average molecular weight is 503 g/mol. The van der Waals surface area contributed by atoms with Crippen molar-refractivity contribution < 1.29 is 14.3 Å². The summed E-state index contributed by atoms with van der Waals surface area (Å²) >= 11 is 1.83. The van der Waals surface area contributed by atoms with Gasteiger partial charge in [-0.1, -0.05) is 55.5 Å². The molecule has 3 aromatic rings. The van der Waals surface area contributed by atoms with Gasteiger partial charge in [0, 0.05) is 23.5 Å². The molecule has 0 saturated carbocycles. The Morgan fingerprint density at radius 3 is 2.72 bits per heavy atom. The van der Waals surface area contributed by atoms with Gasteiger partial charge in [0.1, 0.15) is 12.3 Å². The SMILES string of the molecule is CCCN(CCc1cccs1)[C@H]1CCc2c(cccc2OC(=O)CNC(=O)/C=C/c2ccccc2)C1. The largest absolute Gasteiger partial charge is 0.425 e. The molecule has 1 aliphatic carbocycles. The molecule has 0 spiro atoms. The van der Waals surface area contributed by atoms with Crippen LogP contribution in [0.15, 0.2) is 72.1 Å². The normalized spacial score (nSPS) is 15.1. The summed E-state index contributed by atoms with van der Waals surface area (Å²) in [4.78, 5) is 28.6. The zero-order chi connectivity index (χ0) is 25.2. The molecule has 1 aliphatic rings. The summed E-state index contributed by atoms with van der Waals surface area (Å²) in [5, 5.41) is 4.75. The molecule has 0 bridgehead atoms. The monoisotopic (exact) mass is 502 g/mol. The van der Waals surface area contributed by atoms with Gasteiger partial charge in [0.05, 0.1) is 0 Å². The predicted octanol–water partition coefficient (Wildman–Crippen LogP) is 5.30. The first kappa shape index (κ1) is 25.9. The molecule has 1 amide bonds. The van der Waals surface area contributed by atoms with Crippen LogP contribution < -0.4 is 10.1 Å². The first-order valence-electron chi connectivity index (χ1n) is 12.7. The number of rotatable bonds is 11. The van der Waals surface area contributed by atoms with Gasteiger partial charge in [-0.05, 0) is 78.9 Å². The van der Waals surface area contributed by atoms with Crippen LogP contribution in [0, 0.1) is 0 Å². The lowest BCUT2D eigenvalue weighted by Crippen LogP contribution is -2.41. The Labute approximate surface area is 217 Å². The van der Waals surface area contributed by atoms with Crippen LogP contribution in [0.3, 0.4) is 0 Å². The molecule has 4 rings (SSSR count). The summed E-state index contributed by atoms with van der Waals surface area (Å²) in [6.07, 6.45) is 8.26. The molecule has 188 valence electrons. The number of hydrogen-bond acceptors (Lipinski definition) is 5. The van der Waals surface area contributed by atoms with Gasteiger partial charge in [0.25, 0.3) is 0 Å². The van der Waals surface area contributed by atoms with Gasteiger partial charge in [0.15, 0.2) is 0 Å². The van der Waals surface area contributed by atoms with Crippen molar-refractivity contribution >= 4 is 29.3 Å². The molecule has 0 fully saturated rings. The van der Waals surface area contributed by atoms with Gasteiger partial charge in [-0.2, -0.15) is 0 Å². The predicted molar refractivity (Wildman–Crippen MR) is 146 cm³/mol. The lowest BCUT2D eigenvalue weighted by molar-refractivity contribution is -0.135. The summed E-state index contributed by atoms with van der Waals surface area (Å²) in [5.74, 6) is -0.173. The summed E-state index contributed by atoms with van der Waals surface area (Å²) in [6.45, 7) is 4.24. The number of amides is 1. The molecule has 0 radical (unpaired) electrons. The maximum atomic E-state index is 12.5. The fourth-order valence-corrected chi connectivity index (χ4v) is 5.44. The minimum atomic E-state index is -0.462. The van der Waals surface area contributed by atoms with Gasteiger partial charge in [0.2, 0.25) is 5.91 Å². The van der Waals surface area contributed by atoms with Crippen molar-refractivity contribution in [3.8, 4) is 5.75 Å². The molecule has 0 saturated heterocycles. The van der Waals surface area contributed by atoms with E-state index in [0.717, 1.165) is 56.3 Å².